The van der Waals surface area contributed by atoms with Gasteiger partial charge in [-0.3, -0.25) is 0 Å². The Morgan fingerprint density at radius 1 is 0.947 bits per heavy atom. The summed E-state index contributed by atoms with van der Waals surface area (Å²) in [5.74, 6) is 0.781. The van der Waals surface area contributed by atoms with Gasteiger partial charge in [0.1, 0.15) is 12.5 Å². The van der Waals surface area contributed by atoms with Gasteiger partial charge in [0.15, 0.2) is 6.23 Å². The van der Waals surface area contributed by atoms with E-state index >= 15 is 0 Å². The van der Waals surface area contributed by atoms with E-state index in [0.29, 0.717) is 0 Å². The van der Waals surface area contributed by atoms with Crippen molar-refractivity contribution in [3.05, 3.63) is 78.0 Å². The van der Waals surface area contributed by atoms with Crippen molar-refractivity contribution in [2.75, 3.05) is 6.73 Å². The zero-order chi connectivity index (χ0) is 13.1. The predicted octanol–water partition coefficient (Wildman–Crippen LogP) is 2.97. The molecule has 1 aliphatic rings. The first-order chi connectivity index (χ1) is 9.38. The normalized spacial score (nSPS) is 18.1. The summed E-state index contributed by atoms with van der Waals surface area (Å²) in [6, 6.07) is 19.8. The molecule has 0 aromatic heterocycles. The van der Waals surface area contributed by atoms with Gasteiger partial charge in [0, 0.05) is 17.3 Å². The zero-order valence-corrected chi connectivity index (χ0v) is 10.4. The standard InChI is InChI=1S/C16H15NO2/c18-12-17-11-15(13-7-3-1-4-8-13)19-16(17)14-9-5-2-6-10-14/h1-11,16,18H,12H2. The number of benzene rings is 2. The van der Waals surface area contributed by atoms with E-state index in [2.05, 4.69) is 0 Å². The topological polar surface area (TPSA) is 32.7 Å². The second-order valence-electron chi connectivity index (χ2n) is 4.40. The van der Waals surface area contributed by atoms with Crippen LogP contribution in [0, 0.1) is 0 Å². The second kappa shape index (κ2) is 5.16. The molecule has 1 unspecified atom stereocenters. The molecule has 3 heteroatoms. The molecule has 1 aliphatic heterocycles. The molecule has 1 heterocycles. The van der Waals surface area contributed by atoms with Crippen molar-refractivity contribution < 1.29 is 9.84 Å². The first kappa shape index (κ1) is 11.8. The lowest BCUT2D eigenvalue weighted by Gasteiger charge is -2.22. The van der Waals surface area contributed by atoms with Crippen LogP contribution in [0.5, 0.6) is 0 Å². The fourth-order valence-electron chi connectivity index (χ4n) is 2.17. The molecule has 0 spiro atoms. The number of hydrogen-bond acceptors (Lipinski definition) is 3. The van der Waals surface area contributed by atoms with Crippen LogP contribution in [-0.4, -0.2) is 16.7 Å². The number of rotatable bonds is 3. The maximum absolute atomic E-state index is 9.46. The Hall–Kier alpha value is -2.26. The minimum absolute atomic E-state index is 0.0735. The van der Waals surface area contributed by atoms with Crippen LogP contribution < -0.4 is 0 Å². The van der Waals surface area contributed by atoms with Crippen molar-refractivity contribution >= 4 is 5.76 Å². The highest BCUT2D eigenvalue weighted by Crippen LogP contribution is 2.35. The maximum Gasteiger partial charge on any atom is 0.200 e. The lowest BCUT2D eigenvalue weighted by atomic mass is 10.2. The van der Waals surface area contributed by atoms with Gasteiger partial charge in [0.2, 0.25) is 0 Å². The van der Waals surface area contributed by atoms with Crippen LogP contribution in [0.2, 0.25) is 0 Å². The van der Waals surface area contributed by atoms with Crippen LogP contribution in [0.1, 0.15) is 17.4 Å². The molecule has 0 amide bonds. The molecule has 0 radical (unpaired) electrons. The van der Waals surface area contributed by atoms with Crippen molar-refractivity contribution in [2.45, 2.75) is 6.23 Å². The molecule has 2 aromatic rings. The van der Waals surface area contributed by atoms with Crippen LogP contribution in [0.4, 0.5) is 0 Å². The van der Waals surface area contributed by atoms with Crippen molar-refractivity contribution in [3.8, 4) is 0 Å². The van der Waals surface area contributed by atoms with E-state index in [0.717, 1.165) is 16.9 Å². The molecule has 96 valence electrons. The largest absolute Gasteiger partial charge is 0.464 e. The third-order valence-electron chi connectivity index (χ3n) is 3.13. The van der Waals surface area contributed by atoms with Gasteiger partial charge in [0.05, 0.1) is 0 Å². The number of hydrogen-bond donors (Lipinski definition) is 1. The van der Waals surface area contributed by atoms with Crippen LogP contribution in [0.15, 0.2) is 66.9 Å². The third kappa shape index (κ3) is 2.33. The van der Waals surface area contributed by atoms with Crippen molar-refractivity contribution in [3.63, 3.8) is 0 Å². The molecular weight excluding hydrogens is 238 g/mol. The molecule has 0 bridgehead atoms. The Kier molecular flexibility index (Phi) is 3.21. The van der Waals surface area contributed by atoms with Gasteiger partial charge in [-0.2, -0.15) is 0 Å². The Labute approximate surface area is 112 Å². The first-order valence-electron chi connectivity index (χ1n) is 6.24. The second-order valence-corrected chi connectivity index (χ2v) is 4.40. The van der Waals surface area contributed by atoms with Crippen molar-refractivity contribution in [1.82, 2.24) is 4.90 Å². The van der Waals surface area contributed by atoms with E-state index in [9.17, 15) is 5.11 Å². The molecule has 0 saturated carbocycles. The van der Waals surface area contributed by atoms with Crippen LogP contribution in [-0.2, 0) is 4.74 Å². The fraction of sp³-hybridized carbons (Fsp3) is 0.125. The van der Waals surface area contributed by atoms with Gasteiger partial charge in [-0.25, -0.2) is 0 Å². The van der Waals surface area contributed by atoms with E-state index in [1.54, 1.807) is 4.90 Å². The van der Waals surface area contributed by atoms with Gasteiger partial charge in [0.25, 0.3) is 0 Å². The van der Waals surface area contributed by atoms with Gasteiger partial charge in [-0.1, -0.05) is 60.7 Å². The molecule has 0 fully saturated rings. The summed E-state index contributed by atoms with van der Waals surface area (Å²) >= 11 is 0. The average molecular weight is 253 g/mol. The molecule has 2 aromatic carbocycles. The van der Waals surface area contributed by atoms with E-state index in [1.165, 1.54) is 0 Å². The van der Waals surface area contributed by atoms with Crippen LogP contribution >= 0.6 is 0 Å². The highest BCUT2D eigenvalue weighted by molar-refractivity contribution is 5.61. The summed E-state index contributed by atoms with van der Waals surface area (Å²) in [7, 11) is 0. The number of aliphatic hydroxyl groups excluding tert-OH is 1. The third-order valence-corrected chi connectivity index (χ3v) is 3.13. The first-order valence-corrected chi connectivity index (χ1v) is 6.24. The average Bonchev–Trinajstić information content (AvgIpc) is 2.93. The monoisotopic (exact) mass is 253 g/mol. The Morgan fingerprint density at radius 3 is 2.21 bits per heavy atom. The predicted molar refractivity (Wildman–Crippen MR) is 73.6 cm³/mol. The van der Waals surface area contributed by atoms with Gasteiger partial charge < -0.3 is 14.7 Å². The molecule has 3 rings (SSSR count). The van der Waals surface area contributed by atoms with Gasteiger partial charge >= 0.3 is 0 Å². The lowest BCUT2D eigenvalue weighted by molar-refractivity contribution is 0.0132. The molecule has 1 atom stereocenters. The van der Waals surface area contributed by atoms with E-state index in [4.69, 9.17) is 4.74 Å². The van der Waals surface area contributed by atoms with Crippen LogP contribution in [0.25, 0.3) is 5.76 Å². The van der Waals surface area contributed by atoms with Crippen molar-refractivity contribution in [2.24, 2.45) is 0 Å². The molecule has 3 nitrogen and oxygen atoms in total. The zero-order valence-electron chi connectivity index (χ0n) is 10.4. The Balaban J connectivity index is 1.88. The highest BCUT2D eigenvalue weighted by Gasteiger charge is 2.27. The molecule has 19 heavy (non-hydrogen) atoms. The molecular formula is C16H15NO2. The lowest BCUT2D eigenvalue weighted by Crippen LogP contribution is -2.21. The highest BCUT2D eigenvalue weighted by atomic mass is 16.5. The van der Waals surface area contributed by atoms with E-state index < -0.39 is 0 Å². The fourth-order valence-corrected chi connectivity index (χ4v) is 2.17. The van der Waals surface area contributed by atoms with Gasteiger partial charge in [-0.15, -0.1) is 0 Å². The van der Waals surface area contributed by atoms with Gasteiger partial charge in [-0.05, 0) is 0 Å². The number of nitrogens with zero attached hydrogens (tertiary/aromatic N) is 1. The summed E-state index contributed by atoms with van der Waals surface area (Å²) in [5, 5.41) is 9.46. The number of ether oxygens (including phenoxy) is 1. The molecule has 0 saturated heterocycles. The Bertz CT molecular complexity index is 566. The van der Waals surface area contributed by atoms with E-state index in [-0.39, 0.29) is 13.0 Å². The minimum Gasteiger partial charge on any atom is -0.464 e. The SMILES string of the molecule is OCN1C=C(c2ccccc2)OC1c1ccccc1. The molecule has 1 N–H and O–H groups in total. The summed E-state index contributed by atoms with van der Waals surface area (Å²) in [4.78, 5) is 1.78. The van der Waals surface area contributed by atoms with Crippen molar-refractivity contribution in [1.29, 1.82) is 0 Å². The van der Waals surface area contributed by atoms with E-state index in [1.807, 2.05) is 66.9 Å². The molecule has 0 aliphatic carbocycles. The quantitative estimate of drug-likeness (QED) is 0.912. The minimum atomic E-state index is -0.263. The van der Waals surface area contributed by atoms with Crippen LogP contribution in [0.3, 0.4) is 0 Å². The smallest absolute Gasteiger partial charge is 0.200 e. The number of aliphatic hydroxyl groups is 1. The maximum atomic E-state index is 9.46. The summed E-state index contributed by atoms with van der Waals surface area (Å²) < 4.78 is 5.96. The summed E-state index contributed by atoms with van der Waals surface area (Å²) in [6.45, 7) is -0.0735. The Morgan fingerprint density at radius 2 is 1.58 bits per heavy atom. The summed E-state index contributed by atoms with van der Waals surface area (Å²) in [6.07, 6.45) is 1.59. The summed E-state index contributed by atoms with van der Waals surface area (Å²) in [5.41, 5.74) is 2.04.